The molecular formula is C15H16ClN3O2S. The first kappa shape index (κ1) is 15.1. The van der Waals surface area contributed by atoms with Gasteiger partial charge in [-0.3, -0.25) is 9.59 Å². The number of aromatic amines is 1. The maximum atomic E-state index is 12.5. The Bertz CT molecular complexity index is 709. The fourth-order valence-electron chi connectivity index (χ4n) is 2.92. The molecule has 1 aliphatic rings. The summed E-state index contributed by atoms with van der Waals surface area (Å²) in [7, 11) is 0. The number of nitrogens with two attached hydrogens (primary N) is 1. The predicted molar refractivity (Wildman–Crippen MR) is 86.5 cm³/mol. The Hall–Kier alpha value is -1.79. The quantitative estimate of drug-likeness (QED) is 0.903. The van der Waals surface area contributed by atoms with E-state index in [1.165, 1.54) is 11.3 Å². The number of nitrogens with zero attached hydrogens (tertiary/aromatic N) is 1. The lowest BCUT2D eigenvalue weighted by Gasteiger charge is -2.32. The molecule has 0 bridgehead atoms. The molecule has 2 amide bonds. The highest BCUT2D eigenvalue weighted by Gasteiger charge is 2.28. The Morgan fingerprint density at radius 1 is 1.36 bits per heavy atom. The van der Waals surface area contributed by atoms with Crippen LogP contribution in [-0.4, -0.2) is 34.8 Å². The van der Waals surface area contributed by atoms with Crippen molar-refractivity contribution < 1.29 is 9.59 Å². The van der Waals surface area contributed by atoms with Gasteiger partial charge in [-0.25, -0.2) is 0 Å². The monoisotopic (exact) mass is 337 g/mol. The van der Waals surface area contributed by atoms with Gasteiger partial charge in [-0.15, -0.1) is 11.3 Å². The number of hydrogen-bond donors (Lipinski definition) is 2. The van der Waals surface area contributed by atoms with Crippen LogP contribution >= 0.6 is 22.9 Å². The van der Waals surface area contributed by atoms with Gasteiger partial charge in [0.15, 0.2) is 0 Å². The molecule has 0 saturated carbocycles. The molecule has 0 radical (unpaired) electrons. The zero-order chi connectivity index (χ0) is 15.7. The second-order valence-corrected chi connectivity index (χ2v) is 7.08. The van der Waals surface area contributed by atoms with Crippen molar-refractivity contribution in [2.24, 2.45) is 5.73 Å². The Morgan fingerprint density at radius 3 is 2.86 bits per heavy atom. The molecule has 5 nitrogen and oxygen atoms in total. The van der Waals surface area contributed by atoms with Crippen LogP contribution in [0, 0.1) is 0 Å². The van der Waals surface area contributed by atoms with Gasteiger partial charge in [-0.2, -0.15) is 0 Å². The number of nitrogens with one attached hydrogen (secondary N) is 1. The molecule has 0 aromatic carbocycles. The summed E-state index contributed by atoms with van der Waals surface area (Å²) in [6, 6.07) is 5.18. The highest BCUT2D eigenvalue weighted by Crippen LogP contribution is 2.30. The minimum absolute atomic E-state index is 0.00576. The summed E-state index contributed by atoms with van der Waals surface area (Å²) in [5.74, 6) is -0.343. The third kappa shape index (κ3) is 2.89. The Kier molecular flexibility index (Phi) is 4.22. The molecule has 1 saturated heterocycles. The third-order valence-corrected chi connectivity index (χ3v) is 5.16. The van der Waals surface area contributed by atoms with Crippen LogP contribution in [0.15, 0.2) is 24.4 Å². The number of H-pyrrole nitrogens is 1. The molecule has 7 heteroatoms. The summed E-state index contributed by atoms with van der Waals surface area (Å²) in [4.78, 5) is 29.6. The van der Waals surface area contributed by atoms with Crippen molar-refractivity contribution in [3.05, 3.63) is 44.9 Å². The third-order valence-electron chi connectivity index (χ3n) is 3.95. The number of rotatable bonds is 3. The van der Waals surface area contributed by atoms with E-state index in [1.54, 1.807) is 24.4 Å². The number of primary amides is 1. The van der Waals surface area contributed by atoms with Gasteiger partial charge in [0.05, 0.1) is 14.8 Å². The average Bonchev–Trinajstić information content (AvgIpc) is 3.15. The second-order valence-electron chi connectivity index (χ2n) is 5.36. The fourth-order valence-corrected chi connectivity index (χ4v) is 3.93. The molecule has 0 aliphatic carbocycles. The molecule has 1 aliphatic heterocycles. The van der Waals surface area contributed by atoms with Crippen molar-refractivity contribution >= 4 is 34.8 Å². The van der Waals surface area contributed by atoms with E-state index in [4.69, 9.17) is 17.3 Å². The smallest absolute Gasteiger partial charge is 0.263 e. The lowest BCUT2D eigenvalue weighted by molar-refractivity contribution is 0.0711. The molecule has 2 aromatic heterocycles. The van der Waals surface area contributed by atoms with Crippen molar-refractivity contribution in [3.8, 4) is 0 Å². The van der Waals surface area contributed by atoms with Crippen LogP contribution in [0.1, 0.15) is 44.5 Å². The van der Waals surface area contributed by atoms with E-state index in [1.807, 2.05) is 4.90 Å². The Labute approximate surface area is 137 Å². The van der Waals surface area contributed by atoms with E-state index >= 15 is 0 Å². The molecule has 3 heterocycles. The second kappa shape index (κ2) is 6.14. The lowest BCUT2D eigenvalue weighted by Crippen LogP contribution is -2.39. The van der Waals surface area contributed by atoms with Gasteiger partial charge >= 0.3 is 0 Å². The maximum Gasteiger partial charge on any atom is 0.263 e. The first-order valence-corrected chi connectivity index (χ1v) is 8.27. The summed E-state index contributed by atoms with van der Waals surface area (Å²) in [5, 5.41) is 0. The number of likely N-dealkylation sites (tertiary alicyclic amines) is 1. The largest absolute Gasteiger partial charge is 0.366 e. The summed E-state index contributed by atoms with van der Waals surface area (Å²) in [6.45, 7) is 1.30. The lowest BCUT2D eigenvalue weighted by atomic mass is 9.92. The maximum absolute atomic E-state index is 12.5. The normalized spacial score (nSPS) is 18.4. The Morgan fingerprint density at radius 2 is 2.18 bits per heavy atom. The average molecular weight is 338 g/mol. The summed E-state index contributed by atoms with van der Waals surface area (Å²) >= 11 is 7.19. The van der Waals surface area contributed by atoms with Gasteiger partial charge in [-0.05, 0) is 31.0 Å². The summed E-state index contributed by atoms with van der Waals surface area (Å²) < 4.78 is 0.609. The van der Waals surface area contributed by atoms with Gasteiger partial charge < -0.3 is 15.6 Å². The molecule has 1 atom stereocenters. The van der Waals surface area contributed by atoms with Crippen LogP contribution in [0.2, 0.25) is 4.34 Å². The first-order chi connectivity index (χ1) is 10.6. The number of amides is 2. The highest BCUT2D eigenvalue weighted by molar-refractivity contribution is 7.17. The molecule has 1 fully saturated rings. The van der Waals surface area contributed by atoms with E-state index in [0.29, 0.717) is 21.3 Å². The number of piperidine rings is 1. The molecule has 22 heavy (non-hydrogen) atoms. The highest BCUT2D eigenvalue weighted by atomic mass is 35.5. The standard InChI is InChI=1S/C15H16ClN3O2S/c16-12-4-3-11(22-12)15(21)19-7-1-2-9(8-19)13-10(14(17)20)5-6-18-13/h3-6,9,18H,1-2,7-8H2,(H2,17,20). The molecular weight excluding hydrogens is 322 g/mol. The van der Waals surface area contributed by atoms with Crippen LogP contribution in [0.4, 0.5) is 0 Å². The van der Waals surface area contributed by atoms with Gasteiger partial charge in [0, 0.05) is 30.9 Å². The fraction of sp³-hybridized carbons (Fsp3) is 0.333. The molecule has 0 spiro atoms. The number of carbonyl (C=O) groups is 2. The van der Waals surface area contributed by atoms with Crippen molar-refractivity contribution in [2.45, 2.75) is 18.8 Å². The summed E-state index contributed by atoms with van der Waals surface area (Å²) in [6.07, 6.45) is 3.54. The van der Waals surface area contributed by atoms with Crippen molar-refractivity contribution in [3.63, 3.8) is 0 Å². The molecule has 3 rings (SSSR count). The van der Waals surface area contributed by atoms with Crippen LogP contribution in [0.3, 0.4) is 0 Å². The van der Waals surface area contributed by atoms with Crippen LogP contribution in [-0.2, 0) is 0 Å². The van der Waals surface area contributed by atoms with Gasteiger partial charge in [0.2, 0.25) is 0 Å². The van der Waals surface area contributed by atoms with Crippen LogP contribution < -0.4 is 5.73 Å². The topological polar surface area (TPSA) is 79.2 Å². The number of hydrogen-bond acceptors (Lipinski definition) is 3. The first-order valence-electron chi connectivity index (χ1n) is 7.08. The van der Waals surface area contributed by atoms with E-state index in [9.17, 15) is 9.59 Å². The van der Waals surface area contributed by atoms with Crippen LogP contribution in [0.25, 0.3) is 0 Å². The van der Waals surface area contributed by atoms with E-state index < -0.39 is 5.91 Å². The number of halogens is 1. The van der Waals surface area contributed by atoms with Gasteiger partial charge in [0.1, 0.15) is 0 Å². The number of carbonyl (C=O) groups excluding carboxylic acids is 2. The van der Waals surface area contributed by atoms with Crippen LogP contribution in [0.5, 0.6) is 0 Å². The minimum Gasteiger partial charge on any atom is -0.366 e. The number of aromatic nitrogens is 1. The Balaban J connectivity index is 1.78. The zero-order valence-corrected chi connectivity index (χ0v) is 13.4. The van der Waals surface area contributed by atoms with E-state index in [2.05, 4.69) is 4.98 Å². The van der Waals surface area contributed by atoms with E-state index in [0.717, 1.165) is 25.1 Å². The zero-order valence-electron chi connectivity index (χ0n) is 11.8. The molecule has 1 unspecified atom stereocenters. The van der Waals surface area contributed by atoms with Crippen molar-refractivity contribution in [1.29, 1.82) is 0 Å². The number of thiophene rings is 1. The van der Waals surface area contributed by atoms with Crippen molar-refractivity contribution in [2.75, 3.05) is 13.1 Å². The van der Waals surface area contributed by atoms with Crippen molar-refractivity contribution in [1.82, 2.24) is 9.88 Å². The minimum atomic E-state index is -0.440. The van der Waals surface area contributed by atoms with Gasteiger partial charge in [-0.1, -0.05) is 11.6 Å². The van der Waals surface area contributed by atoms with Gasteiger partial charge in [0.25, 0.3) is 11.8 Å². The molecule has 116 valence electrons. The molecule has 2 aromatic rings. The SMILES string of the molecule is NC(=O)c1cc[nH]c1C1CCCN(C(=O)c2ccc(Cl)s2)C1. The molecule has 3 N–H and O–H groups in total. The predicted octanol–water partition coefficient (Wildman–Crippen LogP) is 2.85. The summed E-state index contributed by atoms with van der Waals surface area (Å²) in [5.41, 5.74) is 6.74. The van der Waals surface area contributed by atoms with E-state index in [-0.39, 0.29) is 11.8 Å².